The summed E-state index contributed by atoms with van der Waals surface area (Å²) in [5, 5.41) is 21.9. The number of nitro benzene ring substituents is 1. The van der Waals surface area contributed by atoms with Crippen LogP contribution < -0.4 is 5.32 Å². The van der Waals surface area contributed by atoms with Crippen LogP contribution in [0.4, 0.5) is 24.5 Å². The van der Waals surface area contributed by atoms with E-state index in [0.29, 0.717) is 5.69 Å². The number of likely N-dealkylation sites (N-methyl/N-ethyl adjacent to an activating group) is 1. The Balaban J connectivity index is 2.40. The molecule has 1 aromatic rings. The molecule has 1 atom stereocenters. The number of benzene rings is 1. The molecule has 2 N–H and O–H groups in total. The van der Waals surface area contributed by atoms with Gasteiger partial charge in [-0.05, 0) is 19.2 Å². The Kier molecular flexibility index (Phi) is 6.46. The van der Waals surface area contributed by atoms with Gasteiger partial charge in [-0.1, -0.05) is 0 Å². The Morgan fingerprint density at radius 3 is 2.43 bits per heavy atom. The third kappa shape index (κ3) is 6.61. The van der Waals surface area contributed by atoms with Gasteiger partial charge in [0.05, 0.1) is 4.92 Å². The fourth-order valence-corrected chi connectivity index (χ4v) is 1.67. The van der Waals surface area contributed by atoms with Gasteiger partial charge in [-0.25, -0.2) is 0 Å². The Hall–Kier alpha value is -2.20. The molecule has 0 saturated heterocycles. The Labute approximate surface area is 129 Å². The summed E-state index contributed by atoms with van der Waals surface area (Å²) in [4.78, 5) is 22.8. The van der Waals surface area contributed by atoms with Crippen LogP contribution in [0.1, 0.15) is 6.42 Å². The molecule has 1 aromatic carbocycles. The van der Waals surface area contributed by atoms with Crippen LogP contribution >= 0.6 is 0 Å². The summed E-state index contributed by atoms with van der Waals surface area (Å²) >= 11 is 0. The molecule has 0 bridgehead atoms. The number of carbonyl (C=O) groups is 1. The van der Waals surface area contributed by atoms with Crippen molar-refractivity contribution in [3.05, 3.63) is 34.4 Å². The highest BCUT2D eigenvalue weighted by atomic mass is 19.4. The molecule has 0 aliphatic rings. The van der Waals surface area contributed by atoms with Crippen LogP contribution in [0.5, 0.6) is 0 Å². The zero-order chi connectivity index (χ0) is 17.6. The molecule has 1 rings (SSSR count). The molecule has 0 radical (unpaired) electrons. The largest absolute Gasteiger partial charge is 0.415 e. The number of anilines is 1. The number of alkyl halides is 3. The lowest BCUT2D eigenvalue weighted by molar-refractivity contribution is -0.384. The van der Waals surface area contributed by atoms with Gasteiger partial charge >= 0.3 is 6.18 Å². The van der Waals surface area contributed by atoms with Crippen molar-refractivity contribution < 1.29 is 28.0 Å². The molecule has 0 heterocycles. The molecule has 128 valence electrons. The van der Waals surface area contributed by atoms with Crippen molar-refractivity contribution in [3.63, 3.8) is 0 Å². The zero-order valence-corrected chi connectivity index (χ0v) is 12.2. The molecule has 0 aromatic heterocycles. The Morgan fingerprint density at radius 2 is 1.96 bits per heavy atom. The Bertz CT molecular complexity index is 548. The number of rotatable bonds is 7. The molecule has 0 aliphatic carbocycles. The van der Waals surface area contributed by atoms with Crippen LogP contribution in [0.25, 0.3) is 0 Å². The maximum absolute atomic E-state index is 12.2. The quantitative estimate of drug-likeness (QED) is 0.585. The first-order valence-electron chi connectivity index (χ1n) is 6.57. The van der Waals surface area contributed by atoms with E-state index in [9.17, 15) is 28.1 Å². The molecule has 1 unspecified atom stereocenters. The van der Waals surface area contributed by atoms with Crippen molar-refractivity contribution >= 4 is 17.3 Å². The number of aliphatic hydroxyl groups excluding tert-OH is 1. The van der Waals surface area contributed by atoms with Crippen molar-refractivity contribution in [2.75, 3.05) is 25.5 Å². The molecule has 0 aliphatic heterocycles. The number of halogens is 3. The topological polar surface area (TPSA) is 95.7 Å². The minimum atomic E-state index is -4.70. The number of amides is 1. The first-order chi connectivity index (χ1) is 10.6. The number of hydrogen-bond acceptors (Lipinski definition) is 5. The van der Waals surface area contributed by atoms with E-state index in [-0.39, 0.29) is 18.7 Å². The van der Waals surface area contributed by atoms with E-state index in [0.717, 1.165) is 0 Å². The molecule has 0 spiro atoms. The van der Waals surface area contributed by atoms with Gasteiger partial charge in [0, 0.05) is 37.3 Å². The van der Waals surface area contributed by atoms with E-state index in [2.05, 4.69) is 5.32 Å². The van der Waals surface area contributed by atoms with Gasteiger partial charge in [0.25, 0.3) is 5.69 Å². The lowest BCUT2D eigenvalue weighted by Gasteiger charge is -2.21. The van der Waals surface area contributed by atoms with Gasteiger partial charge in [-0.2, -0.15) is 13.2 Å². The number of nitrogens with one attached hydrogen (secondary N) is 1. The smallest absolute Gasteiger partial charge is 0.382 e. The number of nitrogens with zero attached hydrogens (tertiary/aromatic N) is 2. The minimum absolute atomic E-state index is 0.0198. The summed E-state index contributed by atoms with van der Waals surface area (Å²) in [6.07, 6.45) is -7.25. The summed E-state index contributed by atoms with van der Waals surface area (Å²) in [5.74, 6) is -0.452. The maximum Gasteiger partial charge on any atom is 0.415 e. The number of hydrogen-bond donors (Lipinski definition) is 2. The molecule has 23 heavy (non-hydrogen) atoms. The second-order valence-electron chi connectivity index (χ2n) is 4.92. The highest BCUT2D eigenvalue weighted by Gasteiger charge is 2.38. The number of non-ortho nitro benzene ring substituents is 1. The first kappa shape index (κ1) is 18.8. The lowest BCUT2D eigenvalue weighted by Crippen LogP contribution is -2.40. The number of carbonyl (C=O) groups excluding carboxylic acids is 1. The van der Waals surface area contributed by atoms with Crippen LogP contribution in [-0.2, 0) is 4.79 Å². The molecule has 7 nitrogen and oxygen atoms in total. The van der Waals surface area contributed by atoms with Crippen LogP contribution in [0.15, 0.2) is 24.3 Å². The molecular formula is C13H16F3N3O4. The first-order valence-corrected chi connectivity index (χ1v) is 6.57. The van der Waals surface area contributed by atoms with E-state index in [1.54, 1.807) is 0 Å². The zero-order valence-electron chi connectivity index (χ0n) is 12.2. The predicted octanol–water partition coefficient (Wildman–Crippen LogP) is 1.78. The molecule has 0 fully saturated rings. The van der Waals surface area contributed by atoms with Gasteiger partial charge in [0.1, 0.15) is 0 Å². The molecule has 1 amide bonds. The van der Waals surface area contributed by atoms with Gasteiger partial charge in [-0.15, -0.1) is 0 Å². The van der Waals surface area contributed by atoms with Crippen LogP contribution in [0.3, 0.4) is 0 Å². The SMILES string of the molecule is CN(CCC(=O)Nc1ccc([N+](=O)[O-])cc1)CC(O)C(F)(F)F. The third-order valence-corrected chi connectivity index (χ3v) is 2.94. The third-order valence-electron chi connectivity index (χ3n) is 2.94. The van der Waals surface area contributed by atoms with E-state index < -0.39 is 29.7 Å². The standard InChI is InChI=1S/C13H16F3N3O4/c1-18(8-11(20)13(14,15)16)7-6-12(21)17-9-2-4-10(5-3-9)19(22)23/h2-5,11,20H,6-8H2,1H3,(H,17,21). The van der Waals surface area contributed by atoms with Gasteiger partial charge in [0.15, 0.2) is 6.10 Å². The lowest BCUT2D eigenvalue weighted by atomic mass is 10.2. The highest BCUT2D eigenvalue weighted by Crippen LogP contribution is 2.20. The van der Waals surface area contributed by atoms with Crippen molar-refractivity contribution in [2.24, 2.45) is 0 Å². The second-order valence-corrected chi connectivity index (χ2v) is 4.92. The second kappa shape index (κ2) is 7.88. The average Bonchev–Trinajstić information content (AvgIpc) is 2.44. The van der Waals surface area contributed by atoms with Crippen LogP contribution in [-0.4, -0.2) is 53.3 Å². The fourth-order valence-electron chi connectivity index (χ4n) is 1.67. The normalized spacial score (nSPS) is 13.0. The van der Waals surface area contributed by atoms with Crippen molar-refractivity contribution in [1.29, 1.82) is 0 Å². The summed E-state index contributed by atoms with van der Waals surface area (Å²) in [6.45, 7) is -0.611. The fraction of sp³-hybridized carbons (Fsp3) is 0.462. The Morgan fingerprint density at radius 1 is 1.39 bits per heavy atom. The monoisotopic (exact) mass is 335 g/mol. The van der Waals surface area contributed by atoms with Crippen LogP contribution in [0, 0.1) is 10.1 Å². The molecule has 10 heteroatoms. The predicted molar refractivity (Wildman–Crippen MR) is 75.9 cm³/mol. The van der Waals surface area contributed by atoms with Crippen molar-refractivity contribution in [3.8, 4) is 0 Å². The number of aliphatic hydroxyl groups is 1. The summed E-state index contributed by atoms with van der Waals surface area (Å²) < 4.78 is 36.5. The summed E-state index contributed by atoms with van der Waals surface area (Å²) in [5.41, 5.74) is 0.224. The van der Waals surface area contributed by atoms with Crippen LogP contribution in [0.2, 0.25) is 0 Å². The molecule has 0 saturated carbocycles. The maximum atomic E-state index is 12.2. The van der Waals surface area contributed by atoms with E-state index in [1.807, 2.05) is 0 Å². The molecular weight excluding hydrogens is 319 g/mol. The average molecular weight is 335 g/mol. The minimum Gasteiger partial charge on any atom is -0.382 e. The van der Waals surface area contributed by atoms with Crippen molar-refractivity contribution in [2.45, 2.75) is 18.7 Å². The highest BCUT2D eigenvalue weighted by molar-refractivity contribution is 5.90. The summed E-state index contributed by atoms with van der Waals surface area (Å²) in [6, 6.07) is 5.16. The van der Waals surface area contributed by atoms with Gasteiger partial charge in [-0.3, -0.25) is 14.9 Å². The van der Waals surface area contributed by atoms with Gasteiger partial charge < -0.3 is 15.3 Å². The van der Waals surface area contributed by atoms with E-state index in [4.69, 9.17) is 5.11 Å². The summed E-state index contributed by atoms with van der Waals surface area (Å²) in [7, 11) is 1.36. The number of nitro groups is 1. The van der Waals surface area contributed by atoms with Crippen molar-refractivity contribution in [1.82, 2.24) is 4.90 Å². The van der Waals surface area contributed by atoms with Gasteiger partial charge in [0.2, 0.25) is 5.91 Å². The van der Waals surface area contributed by atoms with E-state index >= 15 is 0 Å². The van der Waals surface area contributed by atoms with E-state index in [1.165, 1.54) is 36.2 Å².